The molecule has 0 saturated carbocycles. The number of halogens is 1. The van der Waals surface area contributed by atoms with Crippen LogP contribution in [0.2, 0.25) is 5.02 Å². The number of hydrogen-bond acceptors (Lipinski definition) is 4. The number of nitrogens with zero attached hydrogens (tertiary/aromatic N) is 2. The molecular weight excluding hydrogens is 468 g/mol. The molecule has 1 atom stereocenters. The molecular formula is C27H27ClN2O3S. The van der Waals surface area contributed by atoms with Crippen molar-refractivity contribution in [2.75, 3.05) is 26.2 Å². The van der Waals surface area contributed by atoms with Crippen LogP contribution in [0.1, 0.15) is 32.4 Å². The van der Waals surface area contributed by atoms with Crippen LogP contribution in [-0.4, -0.2) is 47.9 Å². The second-order valence-electron chi connectivity index (χ2n) is 8.26. The Morgan fingerprint density at radius 3 is 2.76 bits per heavy atom. The van der Waals surface area contributed by atoms with Crippen LogP contribution in [0.5, 0.6) is 5.75 Å². The summed E-state index contributed by atoms with van der Waals surface area (Å²) in [4.78, 5) is 31.2. The van der Waals surface area contributed by atoms with Crippen molar-refractivity contribution in [3.8, 4) is 5.75 Å². The average Bonchev–Trinajstić information content (AvgIpc) is 3.32. The largest absolute Gasteiger partial charge is 0.491 e. The first-order valence-corrected chi connectivity index (χ1v) is 12.4. The van der Waals surface area contributed by atoms with Gasteiger partial charge in [-0.3, -0.25) is 9.59 Å². The summed E-state index contributed by atoms with van der Waals surface area (Å²) < 4.78 is 6.09. The van der Waals surface area contributed by atoms with Crippen molar-refractivity contribution in [1.82, 2.24) is 9.80 Å². The van der Waals surface area contributed by atoms with E-state index >= 15 is 0 Å². The maximum Gasteiger partial charge on any atom is 0.254 e. The lowest BCUT2D eigenvalue weighted by Crippen LogP contribution is -2.47. The average molecular weight is 495 g/mol. The van der Waals surface area contributed by atoms with Crippen molar-refractivity contribution in [3.05, 3.63) is 99.2 Å². The Balaban J connectivity index is 1.52. The number of amides is 2. The molecule has 2 amide bonds. The summed E-state index contributed by atoms with van der Waals surface area (Å²) in [6.07, 6.45) is 2.42. The zero-order valence-electron chi connectivity index (χ0n) is 19.1. The molecule has 5 nitrogen and oxygen atoms in total. The van der Waals surface area contributed by atoms with E-state index in [2.05, 4.69) is 18.0 Å². The molecule has 34 heavy (non-hydrogen) atoms. The highest BCUT2D eigenvalue weighted by molar-refractivity contribution is 7.10. The molecule has 0 bridgehead atoms. The normalized spacial score (nSPS) is 14.9. The summed E-state index contributed by atoms with van der Waals surface area (Å²) in [5, 5.41) is 2.54. The third-order valence-electron chi connectivity index (χ3n) is 5.88. The minimum Gasteiger partial charge on any atom is -0.491 e. The monoisotopic (exact) mass is 494 g/mol. The molecule has 3 aromatic rings. The SMILES string of the molecule is C=CCN(CC(=O)N1CCc2sccc2[C@@H]1COc1ccc(C)cc1)C(=O)c1cccc(Cl)c1. The first-order valence-electron chi connectivity index (χ1n) is 11.2. The topological polar surface area (TPSA) is 49.9 Å². The van der Waals surface area contributed by atoms with E-state index in [1.54, 1.807) is 41.7 Å². The minimum absolute atomic E-state index is 0.0438. The summed E-state index contributed by atoms with van der Waals surface area (Å²) in [6.45, 7) is 6.94. The minimum atomic E-state index is -0.253. The Morgan fingerprint density at radius 2 is 2.03 bits per heavy atom. The van der Waals surface area contributed by atoms with Gasteiger partial charge >= 0.3 is 0 Å². The predicted molar refractivity (Wildman–Crippen MR) is 137 cm³/mol. The number of carbonyl (C=O) groups excluding carboxylic acids is 2. The molecule has 2 aromatic carbocycles. The Morgan fingerprint density at radius 1 is 1.24 bits per heavy atom. The second-order valence-corrected chi connectivity index (χ2v) is 9.70. The molecule has 0 N–H and O–H groups in total. The third kappa shape index (κ3) is 5.51. The lowest BCUT2D eigenvalue weighted by Gasteiger charge is -2.37. The highest BCUT2D eigenvalue weighted by atomic mass is 35.5. The summed E-state index contributed by atoms with van der Waals surface area (Å²) in [7, 11) is 0. The van der Waals surface area contributed by atoms with Gasteiger partial charge in [0.2, 0.25) is 5.91 Å². The number of hydrogen-bond donors (Lipinski definition) is 0. The van der Waals surface area contributed by atoms with Gasteiger partial charge in [-0.15, -0.1) is 17.9 Å². The third-order valence-corrected chi connectivity index (χ3v) is 7.11. The highest BCUT2D eigenvalue weighted by Gasteiger charge is 2.33. The summed E-state index contributed by atoms with van der Waals surface area (Å²) >= 11 is 7.78. The van der Waals surface area contributed by atoms with Crippen LogP contribution in [0.3, 0.4) is 0 Å². The van der Waals surface area contributed by atoms with Crippen molar-refractivity contribution in [3.63, 3.8) is 0 Å². The molecule has 1 aliphatic rings. The molecule has 1 aliphatic heterocycles. The van der Waals surface area contributed by atoms with Crippen molar-refractivity contribution >= 4 is 34.8 Å². The maximum atomic E-state index is 13.5. The molecule has 2 heterocycles. The van der Waals surface area contributed by atoms with Gasteiger partial charge < -0.3 is 14.5 Å². The van der Waals surface area contributed by atoms with E-state index < -0.39 is 0 Å². The molecule has 0 radical (unpaired) electrons. The number of thiophene rings is 1. The Hall–Kier alpha value is -3.09. The Labute approximate surface area is 209 Å². The van der Waals surface area contributed by atoms with E-state index in [0.29, 0.717) is 23.7 Å². The number of ether oxygens (including phenoxy) is 1. The van der Waals surface area contributed by atoms with E-state index in [-0.39, 0.29) is 30.9 Å². The van der Waals surface area contributed by atoms with E-state index in [4.69, 9.17) is 16.3 Å². The van der Waals surface area contributed by atoms with Crippen LogP contribution >= 0.6 is 22.9 Å². The van der Waals surface area contributed by atoms with Crippen LogP contribution in [0, 0.1) is 6.92 Å². The number of carbonyl (C=O) groups is 2. The zero-order chi connectivity index (χ0) is 24.1. The summed E-state index contributed by atoms with van der Waals surface area (Å²) in [5.41, 5.74) is 2.72. The van der Waals surface area contributed by atoms with Gasteiger partial charge in [0, 0.05) is 28.6 Å². The molecule has 0 unspecified atom stereocenters. The van der Waals surface area contributed by atoms with Crippen LogP contribution in [-0.2, 0) is 11.2 Å². The van der Waals surface area contributed by atoms with E-state index in [9.17, 15) is 9.59 Å². The fourth-order valence-corrected chi connectivity index (χ4v) is 5.24. The number of fused-ring (bicyclic) bond motifs is 1. The molecule has 7 heteroatoms. The summed E-state index contributed by atoms with van der Waals surface area (Å²) in [5.74, 6) is 0.396. The van der Waals surface area contributed by atoms with Crippen molar-refractivity contribution < 1.29 is 14.3 Å². The second kappa shape index (κ2) is 10.9. The van der Waals surface area contributed by atoms with Crippen LogP contribution in [0.4, 0.5) is 0 Å². The highest BCUT2D eigenvalue weighted by Crippen LogP contribution is 2.34. The Bertz CT molecular complexity index is 1170. The first-order chi connectivity index (χ1) is 16.5. The van der Waals surface area contributed by atoms with Crippen molar-refractivity contribution in [2.45, 2.75) is 19.4 Å². The molecule has 0 fully saturated rings. The van der Waals surface area contributed by atoms with Crippen molar-refractivity contribution in [1.29, 1.82) is 0 Å². The quantitative estimate of drug-likeness (QED) is 0.386. The van der Waals surface area contributed by atoms with Gasteiger partial charge in [-0.2, -0.15) is 0 Å². The smallest absolute Gasteiger partial charge is 0.254 e. The summed E-state index contributed by atoms with van der Waals surface area (Å²) in [6, 6.07) is 16.5. The Kier molecular flexibility index (Phi) is 7.70. The number of aryl methyl sites for hydroxylation is 1. The fraction of sp³-hybridized carbons (Fsp3) is 0.259. The van der Waals surface area contributed by atoms with Gasteiger partial charge in [0.05, 0.1) is 6.04 Å². The molecule has 1 aromatic heterocycles. The van der Waals surface area contributed by atoms with Gasteiger partial charge in [-0.05, 0) is 60.7 Å². The molecule has 0 aliphatic carbocycles. The van der Waals surface area contributed by atoms with Crippen LogP contribution in [0.15, 0.2) is 72.6 Å². The van der Waals surface area contributed by atoms with Crippen LogP contribution in [0.25, 0.3) is 0 Å². The van der Waals surface area contributed by atoms with Gasteiger partial charge in [0.1, 0.15) is 18.9 Å². The standard InChI is InChI=1S/C27H27ClN2O3S/c1-3-13-29(27(32)20-5-4-6-21(28)16-20)17-26(31)30-14-11-25-23(12-15-34-25)24(30)18-33-22-9-7-19(2)8-10-22/h3-10,12,15-16,24H,1,11,13-14,17-18H2,2H3/t24-/m0/s1. The van der Waals surface area contributed by atoms with Gasteiger partial charge in [-0.1, -0.05) is 41.4 Å². The lowest BCUT2D eigenvalue weighted by molar-refractivity contribution is -0.135. The van der Waals surface area contributed by atoms with Crippen molar-refractivity contribution in [2.24, 2.45) is 0 Å². The van der Waals surface area contributed by atoms with E-state index in [1.165, 1.54) is 9.78 Å². The maximum absolute atomic E-state index is 13.5. The molecule has 0 saturated heterocycles. The predicted octanol–water partition coefficient (Wildman–Crippen LogP) is 5.54. The van der Waals surface area contributed by atoms with Gasteiger partial charge in [0.15, 0.2) is 0 Å². The number of benzene rings is 2. The molecule has 0 spiro atoms. The lowest BCUT2D eigenvalue weighted by atomic mass is 10.0. The van der Waals surface area contributed by atoms with E-state index in [0.717, 1.165) is 23.3 Å². The number of rotatable bonds is 8. The molecule has 4 rings (SSSR count). The van der Waals surface area contributed by atoms with Crippen LogP contribution < -0.4 is 4.74 Å². The zero-order valence-corrected chi connectivity index (χ0v) is 20.6. The fourth-order valence-electron chi connectivity index (χ4n) is 4.12. The van der Waals surface area contributed by atoms with E-state index in [1.807, 2.05) is 36.1 Å². The van der Waals surface area contributed by atoms with Gasteiger partial charge in [0.25, 0.3) is 5.91 Å². The van der Waals surface area contributed by atoms with Gasteiger partial charge in [-0.25, -0.2) is 0 Å². The first kappa shape index (κ1) is 24.0. The molecule has 176 valence electrons.